The molecule has 0 aliphatic carbocycles. The topological polar surface area (TPSA) is 15.8 Å². The van der Waals surface area contributed by atoms with Crippen LogP contribution >= 0.6 is 0 Å². The van der Waals surface area contributed by atoms with Crippen LogP contribution in [0.1, 0.15) is 47.1 Å². The van der Waals surface area contributed by atoms with E-state index in [2.05, 4.69) is 58.0 Å². The van der Waals surface area contributed by atoms with Crippen LogP contribution in [0, 0.1) is 11.5 Å². The molecule has 0 radical (unpaired) electrons. The normalized spacial score (nSPS) is 12.1. The van der Waals surface area contributed by atoms with Gasteiger partial charge < -0.3 is 4.98 Å². The predicted molar refractivity (Wildman–Crippen MR) is 78.7 cm³/mol. The molecule has 1 rings (SSSR count). The molecule has 1 N–H and O–H groups in total. The number of nitrogens with one attached hydrogen (secondary N) is 1. The number of hydrogen-bond acceptors (Lipinski definition) is 0. The second kappa shape index (κ2) is 5.60. The third-order valence-electron chi connectivity index (χ3n) is 3.89. The molecule has 0 atom stereocenters. The van der Waals surface area contributed by atoms with Gasteiger partial charge in [-0.05, 0) is 22.7 Å². The Morgan fingerprint density at radius 1 is 1.00 bits per heavy atom. The van der Waals surface area contributed by atoms with Crippen molar-refractivity contribution in [2.75, 3.05) is 0 Å². The highest BCUT2D eigenvalue weighted by Gasteiger charge is 2.41. The second-order valence-electron chi connectivity index (χ2n) is 5.75. The van der Waals surface area contributed by atoms with Crippen molar-refractivity contribution in [2.45, 2.75) is 58.2 Å². The number of hydrogen-bond donors (Lipinski definition) is 1. The average Bonchev–Trinajstić information content (AvgIpc) is 2.69. The first-order chi connectivity index (χ1) is 7.91. The summed E-state index contributed by atoms with van der Waals surface area (Å²) in [6.07, 6.45) is 3.92. The van der Waals surface area contributed by atoms with Crippen LogP contribution in [0.3, 0.4) is 0 Å². The van der Waals surface area contributed by atoms with Crippen molar-refractivity contribution in [2.24, 2.45) is 0 Å². The van der Waals surface area contributed by atoms with Gasteiger partial charge in [0.1, 0.15) is 8.07 Å². The zero-order valence-corrected chi connectivity index (χ0v) is 13.0. The van der Waals surface area contributed by atoms with Gasteiger partial charge in [0.25, 0.3) is 0 Å². The first-order valence-electron chi connectivity index (χ1n) is 6.57. The van der Waals surface area contributed by atoms with E-state index >= 15 is 0 Å². The maximum Gasteiger partial charge on any atom is 0.146 e. The van der Waals surface area contributed by atoms with Crippen molar-refractivity contribution in [3.8, 4) is 11.5 Å². The summed E-state index contributed by atoms with van der Waals surface area (Å²) < 4.78 is 0. The van der Waals surface area contributed by atoms with E-state index in [4.69, 9.17) is 0 Å². The van der Waals surface area contributed by atoms with E-state index in [1.165, 1.54) is 0 Å². The Labute approximate surface area is 107 Å². The fraction of sp³-hybridized carbons (Fsp3) is 0.600. The molecule has 0 saturated heterocycles. The quantitative estimate of drug-likeness (QED) is 0.594. The highest BCUT2D eigenvalue weighted by molar-refractivity contribution is 6.90. The number of aromatic nitrogens is 1. The smallest absolute Gasteiger partial charge is 0.146 e. The molecule has 0 saturated carbocycles. The van der Waals surface area contributed by atoms with Crippen molar-refractivity contribution < 1.29 is 0 Å². The monoisotopic (exact) mass is 247 g/mol. The molecule has 0 aliphatic heterocycles. The Kier molecular flexibility index (Phi) is 4.65. The molecule has 0 bridgehead atoms. The fourth-order valence-electron chi connectivity index (χ4n) is 3.02. The van der Waals surface area contributed by atoms with Crippen LogP contribution in [0.5, 0.6) is 0 Å². The third kappa shape index (κ3) is 2.84. The first-order valence-corrected chi connectivity index (χ1v) is 8.80. The maximum atomic E-state index is 3.70. The van der Waals surface area contributed by atoms with Gasteiger partial charge in [0.05, 0.1) is 0 Å². The van der Waals surface area contributed by atoms with Gasteiger partial charge in [0.2, 0.25) is 0 Å². The van der Waals surface area contributed by atoms with Crippen LogP contribution in [0.2, 0.25) is 16.6 Å². The summed E-state index contributed by atoms with van der Waals surface area (Å²) in [5.41, 5.74) is 6.93. The van der Waals surface area contributed by atoms with Gasteiger partial charge >= 0.3 is 0 Å². The van der Waals surface area contributed by atoms with E-state index < -0.39 is 8.07 Å². The molecular weight excluding hydrogens is 222 g/mol. The summed E-state index contributed by atoms with van der Waals surface area (Å²) in [6, 6.07) is 2.05. The molecule has 0 unspecified atom stereocenters. The summed E-state index contributed by atoms with van der Waals surface area (Å²) in [6.45, 7) is 14.1. The molecule has 1 nitrogen and oxygen atoms in total. The van der Waals surface area contributed by atoms with Crippen LogP contribution in [-0.4, -0.2) is 13.1 Å². The first kappa shape index (κ1) is 14.1. The molecule has 1 aromatic rings. The van der Waals surface area contributed by atoms with Crippen molar-refractivity contribution in [1.29, 1.82) is 0 Å². The van der Waals surface area contributed by atoms with E-state index in [0.29, 0.717) is 16.6 Å². The molecule has 17 heavy (non-hydrogen) atoms. The van der Waals surface area contributed by atoms with Gasteiger partial charge in [-0.1, -0.05) is 47.5 Å². The van der Waals surface area contributed by atoms with Crippen LogP contribution in [0.25, 0.3) is 0 Å². The minimum Gasteiger partial charge on any atom is -0.367 e. The number of aromatic amines is 1. The molecule has 0 amide bonds. The Morgan fingerprint density at radius 2 is 1.53 bits per heavy atom. The van der Waals surface area contributed by atoms with E-state index in [9.17, 15) is 0 Å². The second-order valence-corrected chi connectivity index (χ2v) is 11.3. The van der Waals surface area contributed by atoms with Gasteiger partial charge in [0.15, 0.2) is 0 Å². The summed E-state index contributed by atoms with van der Waals surface area (Å²) >= 11 is 0. The maximum absolute atomic E-state index is 3.70. The minimum absolute atomic E-state index is 0.703. The molecule has 1 heterocycles. The lowest BCUT2D eigenvalue weighted by Gasteiger charge is -2.38. The van der Waals surface area contributed by atoms with Crippen LogP contribution in [-0.2, 0) is 0 Å². The molecule has 0 aromatic carbocycles. The number of rotatable bonds is 3. The van der Waals surface area contributed by atoms with Gasteiger partial charge in [-0.3, -0.25) is 0 Å². The van der Waals surface area contributed by atoms with E-state index in [0.717, 1.165) is 5.56 Å². The Morgan fingerprint density at radius 3 is 1.88 bits per heavy atom. The standard InChI is InChI=1S/C15H25NSi/c1-12(2)17(13(3)4,14(5)6)10-8-15-7-9-16-11-15/h7,9,11-14,16H,1-6H3. The summed E-state index contributed by atoms with van der Waals surface area (Å²) in [4.78, 5) is 3.07. The SMILES string of the molecule is CC(C)[Si](C#Cc1cc[nH]c1)(C(C)C)C(C)C. The van der Waals surface area contributed by atoms with Gasteiger partial charge in [-0.2, -0.15) is 0 Å². The van der Waals surface area contributed by atoms with Crippen LogP contribution in [0.4, 0.5) is 0 Å². The van der Waals surface area contributed by atoms with Gasteiger partial charge in [0, 0.05) is 18.0 Å². The number of H-pyrrole nitrogens is 1. The van der Waals surface area contributed by atoms with E-state index in [-0.39, 0.29) is 0 Å². The Balaban J connectivity index is 3.15. The minimum atomic E-state index is -1.56. The van der Waals surface area contributed by atoms with E-state index in [1.807, 2.05) is 18.5 Å². The van der Waals surface area contributed by atoms with Crippen LogP contribution in [0.15, 0.2) is 18.5 Å². The third-order valence-corrected chi connectivity index (χ3v) is 10.2. The summed E-state index contributed by atoms with van der Waals surface area (Å²) in [5.74, 6) is 3.39. The van der Waals surface area contributed by atoms with Crippen molar-refractivity contribution >= 4 is 8.07 Å². The highest BCUT2D eigenvalue weighted by Crippen LogP contribution is 2.40. The zero-order chi connectivity index (χ0) is 13.1. The summed E-state index contributed by atoms with van der Waals surface area (Å²) in [7, 11) is -1.56. The lowest BCUT2D eigenvalue weighted by molar-refractivity contribution is 0.838. The Hall–Kier alpha value is -0.943. The summed E-state index contributed by atoms with van der Waals surface area (Å²) in [5, 5.41) is 0. The van der Waals surface area contributed by atoms with E-state index in [1.54, 1.807) is 0 Å². The zero-order valence-electron chi connectivity index (χ0n) is 12.0. The lowest BCUT2D eigenvalue weighted by atomic mass is 10.4. The van der Waals surface area contributed by atoms with Crippen molar-refractivity contribution in [1.82, 2.24) is 4.98 Å². The molecule has 94 valence electrons. The average molecular weight is 247 g/mol. The van der Waals surface area contributed by atoms with Crippen LogP contribution < -0.4 is 0 Å². The molecule has 0 fully saturated rings. The molecular formula is C15H25NSi. The lowest BCUT2D eigenvalue weighted by Crippen LogP contribution is -2.43. The Bertz CT molecular complexity index is 369. The molecule has 1 aromatic heterocycles. The highest BCUT2D eigenvalue weighted by atomic mass is 28.3. The van der Waals surface area contributed by atoms with Gasteiger partial charge in [-0.15, -0.1) is 5.54 Å². The molecule has 2 heteroatoms. The fourth-order valence-corrected chi connectivity index (χ4v) is 8.24. The molecule has 0 spiro atoms. The molecule has 0 aliphatic rings. The van der Waals surface area contributed by atoms with Crippen molar-refractivity contribution in [3.05, 3.63) is 24.0 Å². The van der Waals surface area contributed by atoms with Crippen molar-refractivity contribution in [3.63, 3.8) is 0 Å². The largest absolute Gasteiger partial charge is 0.367 e. The predicted octanol–water partition coefficient (Wildman–Crippen LogP) is 4.58. The van der Waals surface area contributed by atoms with Gasteiger partial charge in [-0.25, -0.2) is 0 Å².